The summed E-state index contributed by atoms with van der Waals surface area (Å²) in [6.45, 7) is 0.719. The van der Waals surface area contributed by atoms with Crippen LogP contribution in [0.15, 0.2) is 47.2 Å². The molecule has 3 heterocycles. The number of rotatable bonds is 2. The first-order chi connectivity index (χ1) is 10.8. The van der Waals surface area contributed by atoms with Gasteiger partial charge in [0.1, 0.15) is 0 Å². The Morgan fingerprint density at radius 1 is 1.14 bits per heavy atom. The number of benzene rings is 1. The molecule has 2 aliphatic heterocycles. The van der Waals surface area contributed by atoms with Crippen LogP contribution in [0.1, 0.15) is 23.2 Å². The number of nitrogens with zero attached hydrogens (tertiary/aromatic N) is 2. The summed E-state index contributed by atoms with van der Waals surface area (Å²) < 4.78 is 0. The molecular weight excluding hydrogens is 296 g/mol. The molecule has 0 aliphatic carbocycles. The van der Waals surface area contributed by atoms with Gasteiger partial charge in [-0.25, -0.2) is 0 Å². The number of carbonyl (C=O) groups is 2. The fraction of sp³-hybridized carbons (Fsp3) is 0.294. The fourth-order valence-electron chi connectivity index (χ4n) is 3.58. The van der Waals surface area contributed by atoms with Crippen LogP contribution in [-0.4, -0.2) is 35.3 Å². The van der Waals surface area contributed by atoms with E-state index in [2.05, 4.69) is 0 Å². The number of amides is 2. The first-order valence-corrected chi connectivity index (χ1v) is 8.40. The Kier molecular flexibility index (Phi) is 3.22. The van der Waals surface area contributed by atoms with E-state index in [9.17, 15) is 9.59 Å². The lowest BCUT2D eigenvalue weighted by Crippen LogP contribution is -2.39. The van der Waals surface area contributed by atoms with E-state index in [1.54, 1.807) is 11.3 Å². The highest BCUT2D eigenvalue weighted by Crippen LogP contribution is 2.37. The second kappa shape index (κ2) is 5.25. The normalized spacial score (nSPS) is 23.9. The number of hydrogen-bond donors (Lipinski definition) is 0. The molecule has 5 heteroatoms. The summed E-state index contributed by atoms with van der Waals surface area (Å²) in [7, 11) is 0. The van der Waals surface area contributed by atoms with Crippen molar-refractivity contribution in [3.05, 3.63) is 52.7 Å². The summed E-state index contributed by atoms with van der Waals surface area (Å²) in [5.74, 6) is 0.159. The van der Waals surface area contributed by atoms with Crippen molar-refractivity contribution < 1.29 is 9.59 Å². The Balaban J connectivity index is 1.60. The van der Waals surface area contributed by atoms with Crippen LogP contribution in [-0.2, 0) is 4.79 Å². The minimum Gasteiger partial charge on any atom is -0.333 e. The lowest BCUT2D eigenvalue weighted by Gasteiger charge is -2.25. The molecule has 112 valence electrons. The zero-order valence-electron chi connectivity index (χ0n) is 12.0. The minimum absolute atomic E-state index is 0.0000983. The van der Waals surface area contributed by atoms with E-state index in [0.717, 1.165) is 18.7 Å². The summed E-state index contributed by atoms with van der Waals surface area (Å²) in [6.07, 6.45) is 1.28. The molecule has 2 atom stereocenters. The van der Waals surface area contributed by atoms with Crippen molar-refractivity contribution in [3.8, 4) is 0 Å². The molecule has 2 saturated heterocycles. The van der Waals surface area contributed by atoms with Gasteiger partial charge in [0.2, 0.25) is 5.91 Å². The first kappa shape index (κ1) is 13.5. The molecule has 0 radical (unpaired) electrons. The second-order valence-corrected chi connectivity index (χ2v) is 6.52. The van der Waals surface area contributed by atoms with Crippen molar-refractivity contribution in [3.63, 3.8) is 0 Å². The third-order valence-corrected chi connectivity index (χ3v) is 5.23. The van der Waals surface area contributed by atoms with Crippen LogP contribution in [0.4, 0.5) is 5.69 Å². The molecular formula is C17H16N2O2S. The van der Waals surface area contributed by atoms with Crippen LogP contribution in [0.25, 0.3) is 0 Å². The molecule has 2 fully saturated rings. The molecule has 0 unspecified atom stereocenters. The Labute approximate surface area is 133 Å². The fourth-order valence-corrected chi connectivity index (χ4v) is 4.20. The smallest absolute Gasteiger partial charge is 0.254 e. The zero-order chi connectivity index (χ0) is 15.1. The van der Waals surface area contributed by atoms with Crippen LogP contribution in [0.3, 0.4) is 0 Å². The number of hydrogen-bond acceptors (Lipinski definition) is 3. The lowest BCUT2D eigenvalue weighted by molar-refractivity contribution is -0.117. The maximum Gasteiger partial charge on any atom is 0.254 e. The highest BCUT2D eigenvalue weighted by Gasteiger charge is 2.48. The molecule has 2 amide bonds. The van der Waals surface area contributed by atoms with Gasteiger partial charge in [-0.05, 0) is 30.0 Å². The standard InChI is InChI=1S/C17H16N2O2S/c20-16-10-15-14(19(16)13-7-9-22-11-13)6-8-18(15)17(21)12-4-2-1-3-5-12/h1-5,7,9,11,14-15H,6,8,10H2/t14-,15+/m1/s1. The van der Waals surface area contributed by atoms with Crippen LogP contribution in [0, 0.1) is 0 Å². The molecule has 2 aliphatic rings. The number of thiophene rings is 1. The van der Waals surface area contributed by atoms with Gasteiger partial charge in [-0.1, -0.05) is 18.2 Å². The van der Waals surface area contributed by atoms with Gasteiger partial charge >= 0.3 is 0 Å². The first-order valence-electron chi connectivity index (χ1n) is 7.46. The molecule has 4 rings (SSSR count). The average molecular weight is 312 g/mol. The van der Waals surface area contributed by atoms with Gasteiger partial charge in [-0.15, -0.1) is 0 Å². The lowest BCUT2D eigenvalue weighted by atomic mass is 10.1. The van der Waals surface area contributed by atoms with E-state index in [0.29, 0.717) is 12.0 Å². The van der Waals surface area contributed by atoms with Gasteiger partial charge in [-0.3, -0.25) is 9.59 Å². The molecule has 22 heavy (non-hydrogen) atoms. The van der Waals surface area contributed by atoms with Gasteiger partial charge in [0.05, 0.1) is 17.8 Å². The third-order valence-electron chi connectivity index (χ3n) is 4.56. The summed E-state index contributed by atoms with van der Waals surface area (Å²) in [5, 5.41) is 3.99. The van der Waals surface area contributed by atoms with Crippen molar-refractivity contribution >= 4 is 28.8 Å². The van der Waals surface area contributed by atoms with Crippen molar-refractivity contribution in [2.24, 2.45) is 0 Å². The predicted molar refractivity (Wildman–Crippen MR) is 86.1 cm³/mol. The maximum atomic E-state index is 12.7. The quantitative estimate of drug-likeness (QED) is 0.855. The van der Waals surface area contributed by atoms with Crippen LogP contribution >= 0.6 is 11.3 Å². The summed E-state index contributed by atoms with van der Waals surface area (Å²) in [6, 6.07) is 11.4. The summed E-state index contributed by atoms with van der Waals surface area (Å²) in [5.41, 5.74) is 1.67. The monoisotopic (exact) mass is 312 g/mol. The van der Waals surface area contributed by atoms with Gasteiger partial charge in [0, 0.05) is 23.9 Å². The largest absolute Gasteiger partial charge is 0.333 e. The Morgan fingerprint density at radius 3 is 2.68 bits per heavy atom. The van der Waals surface area contributed by atoms with E-state index in [1.165, 1.54) is 0 Å². The Hall–Kier alpha value is -2.14. The molecule has 0 N–H and O–H groups in total. The van der Waals surface area contributed by atoms with E-state index in [4.69, 9.17) is 0 Å². The van der Waals surface area contributed by atoms with Crippen molar-refractivity contribution in [1.82, 2.24) is 4.90 Å². The van der Waals surface area contributed by atoms with Crippen LogP contribution < -0.4 is 4.90 Å². The molecule has 4 nitrogen and oxygen atoms in total. The number of anilines is 1. The zero-order valence-corrected chi connectivity index (χ0v) is 12.8. The highest BCUT2D eigenvalue weighted by molar-refractivity contribution is 7.08. The number of likely N-dealkylation sites (tertiary alicyclic amines) is 1. The Bertz CT molecular complexity index is 699. The average Bonchev–Trinajstić information content (AvgIpc) is 3.24. The third kappa shape index (κ3) is 2.04. The molecule has 2 aromatic rings. The van der Waals surface area contributed by atoms with Crippen molar-refractivity contribution in [2.75, 3.05) is 11.4 Å². The van der Waals surface area contributed by atoms with E-state index in [1.807, 2.05) is 57.0 Å². The van der Waals surface area contributed by atoms with Gasteiger partial charge in [-0.2, -0.15) is 11.3 Å². The molecule has 0 bridgehead atoms. The SMILES string of the molecule is O=C(c1ccccc1)N1CC[C@@H]2[C@@H]1CC(=O)N2c1ccsc1. The van der Waals surface area contributed by atoms with E-state index >= 15 is 0 Å². The maximum absolute atomic E-state index is 12.7. The summed E-state index contributed by atoms with van der Waals surface area (Å²) in [4.78, 5) is 28.8. The van der Waals surface area contributed by atoms with Crippen LogP contribution in [0.2, 0.25) is 0 Å². The van der Waals surface area contributed by atoms with Gasteiger partial charge < -0.3 is 9.80 Å². The molecule has 0 spiro atoms. The number of carbonyl (C=O) groups excluding carboxylic acids is 2. The molecule has 1 aromatic heterocycles. The van der Waals surface area contributed by atoms with E-state index < -0.39 is 0 Å². The topological polar surface area (TPSA) is 40.6 Å². The predicted octanol–water partition coefficient (Wildman–Crippen LogP) is 2.77. The van der Waals surface area contributed by atoms with Crippen molar-refractivity contribution in [2.45, 2.75) is 24.9 Å². The highest BCUT2D eigenvalue weighted by atomic mass is 32.1. The van der Waals surface area contributed by atoms with Gasteiger partial charge in [0.25, 0.3) is 5.91 Å². The minimum atomic E-state index is 0.0000983. The van der Waals surface area contributed by atoms with Crippen molar-refractivity contribution in [1.29, 1.82) is 0 Å². The summed E-state index contributed by atoms with van der Waals surface area (Å²) >= 11 is 1.59. The Morgan fingerprint density at radius 2 is 1.95 bits per heavy atom. The molecule has 1 aromatic carbocycles. The van der Waals surface area contributed by atoms with Gasteiger partial charge in [0.15, 0.2) is 0 Å². The second-order valence-electron chi connectivity index (χ2n) is 5.74. The number of fused-ring (bicyclic) bond motifs is 1. The van der Waals surface area contributed by atoms with E-state index in [-0.39, 0.29) is 23.9 Å². The molecule has 0 saturated carbocycles. The van der Waals surface area contributed by atoms with Crippen LogP contribution in [0.5, 0.6) is 0 Å².